The lowest BCUT2D eigenvalue weighted by Crippen LogP contribution is -2.33. The topological polar surface area (TPSA) is 46.3 Å². The van der Waals surface area contributed by atoms with Crippen molar-refractivity contribution >= 4 is 0 Å². The van der Waals surface area contributed by atoms with Gasteiger partial charge in [-0.2, -0.15) is 0 Å². The molecular weight excluding hydrogens is 406 g/mol. The number of benzene rings is 1. The number of nitrogens with zero attached hydrogens (tertiary/aromatic N) is 1. The quantitative estimate of drug-likeness (QED) is 0.364. The Morgan fingerprint density at radius 2 is 1.52 bits per heavy atom. The number of oxazole rings is 1. The smallest absolute Gasteiger partial charge is 0.226 e. The minimum Gasteiger partial charge on any atom is -0.441 e. The molecule has 0 atom stereocenters. The average Bonchev–Trinajstić information content (AvgIpc) is 3.28. The molecule has 1 aromatic carbocycles. The van der Waals surface area contributed by atoms with Crippen molar-refractivity contribution in [3.05, 3.63) is 41.3 Å². The molecular formula is C30H49NO2. The van der Waals surface area contributed by atoms with Gasteiger partial charge in [0.15, 0.2) is 0 Å². The van der Waals surface area contributed by atoms with E-state index in [-0.39, 0.29) is 10.8 Å². The maximum absolute atomic E-state index is 8.29. The first kappa shape index (κ1) is 27.6. The van der Waals surface area contributed by atoms with Gasteiger partial charge >= 0.3 is 0 Å². The first-order valence-electron chi connectivity index (χ1n) is 13.4. The lowest BCUT2D eigenvalue weighted by molar-refractivity contribution is 0.283. The number of aromatic nitrogens is 1. The molecule has 186 valence electrons. The Balaban J connectivity index is 0.000000479. The van der Waals surface area contributed by atoms with Crippen LogP contribution in [-0.4, -0.2) is 16.7 Å². The molecule has 1 aliphatic rings. The highest BCUT2D eigenvalue weighted by Crippen LogP contribution is 2.46. The molecule has 0 unspecified atom stereocenters. The average molecular weight is 456 g/mol. The van der Waals surface area contributed by atoms with Crippen LogP contribution in [0.5, 0.6) is 0 Å². The third kappa shape index (κ3) is 7.44. The molecule has 1 aliphatic carbocycles. The number of aliphatic hydroxyl groups is 1. The highest BCUT2D eigenvalue weighted by molar-refractivity contribution is 5.59. The van der Waals surface area contributed by atoms with Gasteiger partial charge in [-0.1, -0.05) is 86.6 Å². The minimum absolute atomic E-state index is 0.212. The van der Waals surface area contributed by atoms with E-state index in [0.717, 1.165) is 23.6 Å². The van der Waals surface area contributed by atoms with E-state index < -0.39 is 0 Å². The Morgan fingerprint density at radius 1 is 0.879 bits per heavy atom. The molecule has 0 bridgehead atoms. The zero-order valence-electron chi connectivity index (χ0n) is 22.5. The Kier molecular flexibility index (Phi) is 10.7. The molecule has 0 amide bonds. The van der Waals surface area contributed by atoms with E-state index in [1.54, 1.807) is 0 Å². The fraction of sp³-hybridized carbons (Fsp3) is 0.700. The van der Waals surface area contributed by atoms with Gasteiger partial charge in [-0.05, 0) is 66.2 Å². The van der Waals surface area contributed by atoms with Crippen LogP contribution < -0.4 is 0 Å². The lowest BCUT2D eigenvalue weighted by Gasteiger charge is -2.42. The predicted molar refractivity (Wildman–Crippen MR) is 141 cm³/mol. The largest absolute Gasteiger partial charge is 0.441 e. The molecule has 2 aromatic rings. The summed E-state index contributed by atoms with van der Waals surface area (Å²) >= 11 is 0. The number of unbranched alkanes of at least 4 members (excludes halogenated alkanes) is 3. The normalized spacial score (nSPS) is 16.3. The second-order valence-corrected chi connectivity index (χ2v) is 11.2. The first-order valence-corrected chi connectivity index (χ1v) is 13.4. The van der Waals surface area contributed by atoms with Gasteiger partial charge in [0.05, 0.1) is 6.20 Å². The van der Waals surface area contributed by atoms with Crippen LogP contribution in [0, 0.1) is 0 Å². The van der Waals surface area contributed by atoms with Gasteiger partial charge in [0.25, 0.3) is 0 Å². The summed E-state index contributed by atoms with van der Waals surface area (Å²) in [7, 11) is 0. The Labute approximate surface area is 203 Å². The van der Waals surface area contributed by atoms with E-state index in [2.05, 4.69) is 71.6 Å². The van der Waals surface area contributed by atoms with Gasteiger partial charge in [-0.3, -0.25) is 0 Å². The molecule has 3 rings (SSSR count). The summed E-state index contributed by atoms with van der Waals surface area (Å²) < 4.78 is 6.24. The summed E-state index contributed by atoms with van der Waals surface area (Å²) in [6.07, 6.45) is 13.8. The van der Waals surface area contributed by atoms with Gasteiger partial charge in [0.2, 0.25) is 5.89 Å². The van der Waals surface area contributed by atoms with Crippen LogP contribution in [0.4, 0.5) is 0 Å². The summed E-state index contributed by atoms with van der Waals surface area (Å²) in [6, 6.07) is 6.85. The van der Waals surface area contributed by atoms with Crippen molar-refractivity contribution in [1.82, 2.24) is 4.98 Å². The van der Waals surface area contributed by atoms with Gasteiger partial charge < -0.3 is 9.52 Å². The van der Waals surface area contributed by atoms with Crippen LogP contribution in [0.15, 0.2) is 28.8 Å². The zero-order valence-corrected chi connectivity index (χ0v) is 22.5. The van der Waals surface area contributed by atoms with Crippen LogP contribution in [0.1, 0.15) is 135 Å². The Morgan fingerprint density at radius 3 is 2.09 bits per heavy atom. The van der Waals surface area contributed by atoms with Crippen LogP contribution in [0.25, 0.3) is 11.5 Å². The highest BCUT2D eigenvalue weighted by Gasteiger charge is 2.37. The minimum atomic E-state index is 0.212. The third-order valence-corrected chi connectivity index (χ3v) is 7.31. The molecule has 1 heterocycles. The molecule has 0 radical (unpaired) electrons. The molecule has 0 saturated heterocycles. The Bertz CT molecular complexity index is 824. The molecule has 3 heteroatoms. The van der Waals surface area contributed by atoms with Crippen molar-refractivity contribution in [3.63, 3.8) is 0 Å². The van der Waals surface area contributed by atoms with Crippen LogP contribution in [-0.2, 0) is 10.8 Å². The second kappa shape index (κ2) is 12.7. The van der Waals surface area contributed by atoms with E-state index in [4.69, 9.17) is 9.52 Å². The molecule has 0 aliphatic heterocycles. The number of rotatable bonds is 10. The summed E-state index contributed by atoms with van der Waals surface area (Å²) in [4.78, 5) is 4.64. The predicted octanol–water partition coefficient (Wildman–Crippen LogP) is 8.93. The van der Waals surface area contributed by atoms with Crippen LogP contribution in [0.3, 0.4) is 0 Å². The van der Waals surface area contributed by atoms with Crippen LogP contribution in [0.2, 0.25) is 0 Å². The molecule has 0 fully saturated rings. The number of fused-ring (bicyclic) bond motifs is 1. The lowest BCUT2D eigenvalue weighted by atomic mass is 9.63. The molecule has 1 aromatic heterocycles. The Hall–Kier alpha value is -1.61. The highest BCUT2D eigenvalue weighted by atomic mass is 16.4. The van der Waals surface area contributed by atoms with E-state index >= 15 is 0 Å². The maximum Gasteiger partial charge on any atom is 0.226 e. The van der Waals surface area contributed by atoms with Crippen molar-refractivity contribution in [2.45, 2.75) is 129 Å². The molecule has 3 nitrogen and oxygen atoms in total. The van der Waals surface area contributed by atoms with Crippen molar-refractivity contribution in [1.29, 1.82) is 0 Å². The fourth-order valence-electron chi connectivity index (χ4n) is 4.99. The van der Waals surface area contributed by atoms with Gasteiger partial charge in [0, 0.05) is 18.1 Å². The maximum atomic E-state index is 8.29. The number of hydrogen-bond acceptors (Lipinski definition) is 3. The summed E-state index contributed by atoms with van der Waals surface area (Å²) in [5.74, 6) is 2.33. The summed E-state index contributed by atoms with van der Waals surface area (Å²) in [6.45, 7) is 16.5. The van der Waals surface area contributed by atoms with Crippen molar-refractivity contribution in [2.24, 2.45) is 0 Å². The van der Waals surface area contributed by atoms with Gasteiger partial charge in [-0.15, -0.1) is 0 Å². The SMILES string of the molecule is CCCC(CCC)c1cnc(-c2ccc3c(c2)C(C)(C)CCC3(C)C)o1.CCCCCCO. The summed E-state index contributed by atoms with van der Waals surface area (Å²) in [5, 5.41) is 8.29. The number of aliphatic hydroxyl groups excluding tert-OH is 1. The van der Waals surface area contributed by atoms with Crippen molar-refractivity contribution in [3.8, 4) is 11.5 Å². The zero-order chi connectivity index (χ0) is 24.5. The fourth-order valence-corrected chi connectivity index (χ4v) is 4.99. The van der Waals surface area contributed by atoms with Crippen molar-refractivity contribution in [2.75, 3.05) is 6.61 Å². The van der Waals surface area contributed by atoms with Gasteiger partial charge in [0.1, 0.15) is 5.76 Å². The number of hydrogen-bond donors (Lipinski definition) is 1. The molecule has 0 saturated carbocycles. The van der Waals surface area contributed by atoms with E-state index in [0.29, 0.717) is 12.5 Å². The van der Waals surface area contributed by atoms with E-state index in [1.165, 1.54) is 68.9 Å². The first-order chi connectivity index (χ1) is 15.7. The standard InChI is InChI=1S/C24H35NO.C6H14O/c1-7-9-17(10-8-2)21-16-25-22(26-21)18-11-12-19-20(15-18)24(5,6)14-13-23(19,3)4;1-2-3-4-5-6-7/h11-12,15-17H,7-10,13-14H2,1-6H3;7H,2-6H2,1H3. The molecule has 1 N–H and O–H groups in total. The van der Waals surface area contributed by atoms with Crippen LogP contribution >= 0.6 is 0 Å². The third-order valence-electron chi connectivity index (χ3n) is 7.31. The van der Waals surface area contributed by atoms with Gasteiger partial charge in [-0.25, -0.2) is 4.98 Å². The second-order valence-electron chi connectivity index (χ2n) is 11.2. The molecule has 0 spiro atoms. The van der Waals surface area contributed by atoms with Crippen molar-refractivity contribution < 1.29 is 9.52 Å². The van der Waals surface area contributed by atoms with E-state index in [1.807, 2.05) is 6.20 Å². The molecule has 33 heavy (non-hydrogen) atoms. The monoisotopic (exact) mass is 455 g/mol. The van der Waals surface area contributed by atoms with E-state index in [9.17, 15) is 0 Å². The summed E-state index contributed by atoms with van der Waals surface area (Å²) in [5.41, 5.74) is 4.53.